The van der Waals surface area contributed by atoms with Gasteiger partial charge in [0.05, 0.1) is 39.0 Å². The lowest BCUT2D eigenvalue weighted by Gasteiger charge is -2.34. The van der Waals surface area contributed by atoms with Crippen LogP contribution in [0.25, 0.3) is 0 Å². The highest BCUT2D eigenvalue weighted by molar-refractivity contribution is 7.99. The van der Waals surface area contributed by atoms with E-state index in [0.717, 1.165) is 37.6 Å². The molecule has 1 saturated heterocycles. The molecule has 1 aliphatic rings. The molecule has 2 aromatic carbocycles. The standard InChI is InChI=1S/C20H23F2N3O2S/c1-27-18-5-3-2-4-17(18)25-12-10-24(11-13-25)14-19(26)23-15-6-8-16(9-7-15)28-20(21)22/h2-9,20H,10-14H2,1H3,(H,23,26)/p+1. The van der Waals surface area contributed by atoms with Gasteiger partial charge in [-0.3, -0.25) is 4.79 Å². The highest BCUT2D eigenvalue weighted by Crippen LogP contribution is 2.27. The topological polar surface area (TPSA) is 46.0 Å². The van der Waals surface area contributed by atoms with Crippen molar-refractivity contribution in [2.45, 2.75) is 10.7 Å². The van der Waals surface area contributed by atoms with Crippen molar-refractivity contribution in [1.82, 2.24) is 0 Å². The number of alkyl halides is 2. The van der Waals surface area contributed by atoms with E-state index in [9.17, 15) is 13.6 Å². The van der Waals surface area contributed by atoms with E-state index in [2.05, 4.69) is 10.2 Å². The Balaban J connectivity index is 1.47. The number of quaternary nitrogens is 1. The fraction of sp³-hybridized carbons (Fsp3) is 0.350. The molecule has 0 atom stereocenters. The maximum atomic E-state index is 12.4. The Bertz CT molecular complexity index is 781. The third-order valence-corrected chi connectivity index (χ3v) is 5.39. The number of benzene rings is 2. The number of amides is 1. The first-order valence-electron chi connectivity index (χ1n) is 9.11. The average Bonchev–Trinajstić information content (AvgIpc) is 2.69. The van der Waals surface area contributed by atoms with Gasteiger partial charge in [0.1, 0.15) is 5.75 Å². The lowest BCUT2D eigenvalue weighted by molar-refractivity contribution is -0.892. The molecule has 2 aromatic rings. The van der Waals surface area contributed by atoms with Crippen LogP contribution in [0.5, 0.6) is 5.75 Å². The Morgan fingerprint density at radius 2 is 1.86 bits per heavy atom. The summed E-state index contributed by atoms with van der Waals surface area (Å²) in [4.78, 5) is 16.3. The summed E-state index contributed by atoms with van der Waals surface area (Å²) in [6.07, 6.45) is 0. The molecule has 5 nitrogen and oxygen atoms in total. The lowest BCUT2D eigenvalue weighted by atomic mass is 10.2. The summed E-state index contributed by atoms with van der Waals surface area (Å²) in [7, 11) is 1.67. The normalized spacial score (nSPS) is 14.9. The summed E-state index contributed by atoms with van der Waals surface area (Å²) in [5.74, 6) is -1.66. The molecule has 0 bridgehead atoms. The molecule has 150 valence electrons. The van der Waals surface area contributed by atoms with Crippen LogP contribution in [0.1, 0.15) is 0 Å². The molecule has 1 amide bonds. The maximum Gasteiger partial charge on any atom is 0.288 e. The van der Waals surface area contributed by atoms with Crippen LogP contribution in [-0.4, -0.2) is 51.5 Å². The van der Waals surface area contributed by atoms with Gasteiger partial charge in [0.2, 0.25) is 0 Å². The fourth-order valence-corrected chi connectivity index (χ4v) is 3.78. The fourth-order valence-electron chi connectivity index (χ4n) is 3.28. The SMILES string of the molecule is COc1ccccc1N1CC[NH+](CC(=O)Nc2ccc(SC(F)F)cc2)CC1. The molecular formula is C20H24F2N3O2S+. The predicted octanol–water partition coefficient (Wildman–Crippen LogP) is 2.35. The molecule has 8 heteroatoms. The summed E-state index contributed by atoms with van der Waals surface area (Å²) >= 11 is 0.492. The molecule has 28 heavy (non-hydrogen) atoms. The van der Waals surface area contributed by atoms with Crippen LogP contribution in [0.15, 0.2) is 53.4 Å². The van der Waals surface area contributed by atoms with Crippen molar-refractivity contribution in [3.05, 3.63) is 48.5 Å². The van der Waals surface area contributed by atoms with Crippen molar-refractivity contribution >= 4 is 29.0 Å². The molecule has 0 saturated carbocycles. The molecule has 1 heterocycles. The van der Waals surface area contributed by atoms with E-state index < -0.39 is 5.76 Å². The Kier molecular flexibility index (Phi) is 7.11. The summed E-state index contributed by atoms with van der Waals surface area (Å²) in [5.41, 5.74) is 1.70. The smallest absolute Gasteiger partial charge is 0.288 e. The van der Waals surface area contributed by atoms with Crippen molar-refractivity contribution in [1.29, 1.82) is 0 Å². The number of methoxy groups -OCH3 is 1. The number of carbonyl (C=O) groups excluding carboxylic acids is 1. The molecule has 0 unspecified atom stereocenters. The Hall–Kier alpha value is -2.32. The summed E-state index contributed by atoms with van der Waals surface area (Å²) in [5, 5.41) is 2.84. The lowest BCUT2D eigenvalue weighted by Crippen LogP contribution is -3.15. The largest absolute Gasteiger partial charge is 0.495 e. The maximum absolute atomic E-state index is 12.4. The number of ether oxygens (including phenoxy) is 1. The van der Waals surface area contributed by atoms with Gasteiger partial charge in [0.25, 0.3) is 11.7 Å². The van der Waals surface area contributed by atoms with Crippen molar-refractivity contribution in [2.75, 3.05) is 50.1 Å². The van der Waals surface area contributed by atoms with E-state index in [1.165, 1.54) is 4.90 Å². The van der Waals surface area contributed by atoms with Crippen molar-refractivity contribution in [3.8, 4) is 5.75 Å². The summed E-state index contributed by atoms with van der Waals surface area (Å²) in [6.45, 7) is 3.79. The van der Waals surface area contributed by atoms with Gasteiger partial charge in [-0.1, -0.05) is 23.9 Å². The minimum absolute atomic E-state index is 0.0741. The van der Waals surface area contributed by atoms with Gasteiger partial charge in [0, 0.05) is 10.6 Å². The van der Waals surface area contributed by atoms with Crippen LogP contribution in [0.4, 0.5) is 20.2 Å². The third kappa shape index (κ3) is 5.59. The van der Waals surface area contributed by atoms with E-state index in [4.69, 9.17) is 4.74 Å². The zero-order chi connectivity index (χ0) is 19.9. The number of thioether (sulfide) groups is 1. The first-order valence-corrected chi connectivity index (χ1v) is 9.99. The quantitative estimate of drug-likeness (QED) is 0.691. The minimum Gasteiger partial charge on any atom is -0.495 e. The van der Waals surface area contributed by atoms with Gasteiger partial charge in [-0.15, -0.1) is 0 Å². The number of piperazine rings is 1. The second kappa shape index (κ2) is 9.75. The number of anilines is 2. The zero-order valence-electron chi connectivity index (χ0n) is 15.7. The molecule has 0 aliphatic carbocycles. The van der Waals surface area contributed by atoms with Crippen LogP contribution in [0, 0.1) is 0 Å². The number of nitrogens with zero attached hydrogens (tertiary/aromatic N) is 1. The van der Waals surface area contributed by atoms with E-state index >= 15 is 0 Å². The third-order valence-electron chi connectivity index (χ3n) is 4.67. The van der Waals surface area contributed by atoms with Gasteiger partial charge in [-0.05, 0) is 36.4 Å². The van der Waals surface area contributed by atoms with Crippen molar-refractivity contribution < 1.29 is 23.2 Å². The van der Waals surface area contributed by atoms with E-state index in [-0.39, 0.29) is 5.91 Å². The Labute approximate surface area is 167 Å². The summed E-state index contributed by atoms with van der Waals surface area (Å²) in [6, 6.07) is 14.4. The molecule has 2 N–H and O–H groups in total. The van der Waals surface area contributed by atoms with Crippen LogP contribution in [-0.2, 0) is 4.79 Å². The van der Waals surface area contributed by atoms with Gasteiger partial charge in [-0.25, -0.2) is 0 Å². The average molecular weight is 408 g/mol. The van der Waals surface area contributed by atoms with Crippen molar-refractivity contribution in [2.24, 2.45) is 0 Å². The number of rotatable bonds is 7. The number of nitrogens with one attached hydrogen (secondary N) is 2. The highest BCUT2D eigenvalue weighted by atomic mass is 32.2. The molecule has 3 rings (SSSR count). The van der Waals surface area contributed by atoms with Gasteiger partial charge < -0.3 is 19.9 Å². The van der Waals surface area contributed by atoms with Crippen molar-refractivity contribution in [3.63, 3.8) is 0 Å². The van der Waals surface area contributed by atoms with Crippen LogP contribution in [0.3, 0.4) is 0 Å². The van der Waals surface area contributed by atoms with E-state index in [0.29, 0.717) is 28.9 Å². The number of halogens is 2. The molecule has 1 aliphatic heterocycles. The van der Waals surface area contributed by atoms with E-state index in [1.807, 2.05) is 24.3 Å². The van der Waals surface area contributed by atoms with Crippen LogP contribution < -0.4 is 19.9 Å². The summed E-state index contributed by atoms with van der Waals surface area (Å²) < 4.78 is 30.1. The number of hydrogen-bond donors (Lipinski definition) is 2. The Morgan fingerprint density at radius 3 is 2.50 bits per heavy atom. The number of hydrogen-bond acceptors (Lipinski definition) is 4. The van der Waals surface area contributed by atoms with Crippen LogP contribution >= 0.6 is 11.8 Å². The second-order valence-corrected chi connectivity index (χ2v) is 7.60. The molecule has 0 spiro atoms. The molecule has 1 fully saturated rings. The first-order chi connectivity index (χ1) is 13.5. The molecule has 0 aromatic heterocycles. The monoisotopic (exact) mass is 408 g/mol. The predicted molar refractivity (Wildman–Crippen MR) is 108 cm³/mol. The number of carbonyl (C=O) groups is 1. The second-order valence-electron chi connectivity index (χ2n) is 6.54. The first kappa shape index (κ1) is 20.4. The highest BCUT2D eigenvalue weighted by Gasteiger charge is 2.23. The zero-order valence-corrected chi connectivity index (χ0v) is 16.5. The molecular weight excluding hydrogens is 384 g/mol. The Morgan fingerprint density at radius 1 is 1.18 bits per heavy atom. The van der Waals surface area contributed by atoms with Crippen LogP contribution in [0.2, 0.25) is 0 Å². The minimum atomic E-state index is -2.45. The van der Waals surface area contributed by atoms with Gasteiger partial charge in [-0.2, -0.15) is 8.78 Å². The van der Waals surface area contributed by atoms with E-state index in [1.54, 1.807) is 31.4 Å². The van der Waals surface area contributed by atoms with Gasteiger partial charge in [0.15, 0.2) is 6.54 Å². The van der Waals surface area contributed by atoms with Gasteiger partial charge >= 0.3 is 0 Å². The number of para-hydroxylation sites is 2. The molecule has 0 radical (unpaired) electrons.